The molecule has 0 aromatic rings. The van der Waals surface area contributed by atoms with E-state index in [2.05, 4.69) is 0 Å². The summed E-state index contributed by atoms with van der Waals surface area (Å²) in [6.45, 7) is 4.23. The van der Waals surface area contributed by atoms with Crippen LogP contribution in [0.15, 0.2) is 11.6 Å². The van der Waals surface area contributed by atoms with E-state index in [1.54, 1.807) is 13.0 Å². The first kappa shape index (κ1) is 15.2. The maximum absolute atomic E-state index is 11.6. The Hall–Kier alpha value is -0.830. The highest BCUT2D eigenvalue weighted by atomic mass is 16.5. The van der Waals surface area contributed by atoms with Gasteiger partial charge in [-0.25, -0.2) is 4.79 Å². The predicted octanol–water partition coefficient (Wildman–Crippen LogP) is 3.22. The van der Waals surface area contributed by atoms with Gasteiger partial charge in [0.05, 0.1) is 12.7 Å². The molecular weight excluding hydrogens is 228 g/mol. The second-order valence-electron chi connectivity index (χ2n) is 5.04. The van der Waals surface area contributed by atoms with Crippen LogP contribution >= 0.6 is 0 Å². The summed E-state index contributed by atoms with van der Waals surface area (Å²) >= 11 is 0. The van der Waals surface area contributed by atoms with Gasteiger partial charge in [0.25, 0.3) is 0 Å². The van der Waals surface area contributed by atoms with Gasteiger partial charge in [-0.15, -0.1) is 0 Å². The van der Waals surface area contributed by atoms with Crippen molar-refractivity contribution in [3.8, 4) is 0 Å². The fourth-order valence-electron chi connectivity index (χ4n) is 2.68. The van der Waals surface area contributed by atoms with Crippen molar-refractivity contribution in [3.63, 3.8) is 0 Å². The van der Waals surface area contributed by atoms with E-state index in [1.165, 1.54) is 19.3 Å². The molecule has 1 rings (SSSR count). The second kappa shape index (κ2) is 8.30. The van der Waals surface area contributed by atoms with Gasteiger partial charge in [0.15, 0.2) is 0 Å². The number of carbonyl (C=O) groups excluding carboxylic acids is 1. The minimum absolute atomic E-state index is 0.312. The Morgan fingerprint density at radius 1 is 1.33 bits per heavy atom. The minimum atomic E-state index is -0.484. The highest BCUT2D eigenvalue weighted by molar-refractivity contribution is 5.83. The molecule has 1 aliphatic rings. The molecule has 18 heavy (non-hydrogen) atoms. The lowest BCUT2D eigenvalue weighted by Gasteiger charge is -2.27. The Bertz CT molecular complexity index is 277. The Morgan fingerprint density at radius 3 is 2.56 bits per heavy atom. The minimum Gasteiger partial charge on any atom is -0.463 e. The van der Waals surface area contributed by atoms with Crippen LogP contribution in [0.2, 0.25) is 0 Å². The number of hydrogen-bond acceptors (Lipinski definition) is 3. The molecule has 1 saturated carbocycles. The van der Waals surface area contributed by atoms with Crippen molar-refractivity contribution < 1.29 is 14.6 Å². The molecule has 0 aromatic heterocycles. The Morgan fingerprint density at radius 2 is 2.00 bits per heavy atom. The SMILES string of the molecule is CCCC(O)/C(=C/C(=O)OCC)C1CCCCC1. The van der Waals surface area contributed by atoms with Gasteiger partial charge in [-0.1, -0.05) is 32.6 Å². The number of aliphatic hydroxyl groups excluding tert-OH is 1. The van der Waals surface area contributed by atoms with Crippen LogP contribution < -0.4 is 0 Å². The first-order chi connectivity index (χ1) is 8.69. The summed E-state index contributed by atoms with van der Waals surface area (Å²) in [7, 11) is 0. The van der Waals surface area contributed by atoms with Crippen LogP contribution in [0.3, 0.4) is 0 Å². The molecule has 104 valence electrons. The van der Waals surface area contributed by atoms with Crippen molar-refractivity contribution >= 4 is 5.97 Å². The Balaban J connectivity index is 2.75. The third-order valence-corrected chi connectivity index (χ3v) is 3.59. The fraction of sp³-hybridized carbons (Fsp3) is 0.800. The van der Waals surface area contributed by atoms with Crippen molar-refractivity contribution in [1.29, 1.82) is 0 Å². The number of rotatable bonds is 6. The van der Waals surface area contributed by atoms with Crippen molar-refractivity contribution in [2.24, 2.45) is 5.92 Å². The summed E-state index contributed by atoms with van der Waals surface area (Å²) in [5, 5.41) is 10.2. The van der Waals surface area contributed by atoms with Gasteiger partial charge >= 0.3 is 5.97 Å². The molecule has 0 radical (unpaired) electrons. The first-order valence-electron chi connectivity index (χ1n) is 7.25. The number of aliphatic hydroxyl groups is 1. The van der Waals surface area contributed by atoms with Crippen LogP contribution in [-0.2, 0) is 9.53 Å². The summed E-state index contributed by atoms with van der Waals surface area (Å²) in [5.74, 6) is 0.0536. The molecule has 0 aromatic carbocycles. The molecule has 1 unspecified atom stereocenters. The number of esters is 1. The molecule has 3 heteroatoms. The van der Waals surface area contributed by atoms with Crippen molar-refractivity contribution in [2.45, 2.75) is 64.9 Å². The molecule has 0 saturated heterocycles. The monoisotopic (exact) mass is 254 g/mol. The van der Waals surface area contributed by atoms with E-state index in [4.69, 9.17) is 4.74 Å². The van der Waals surface area contributed by atoms with Crippen molar-refractivity contribution in [1.82, 2.24) is 0 Å². The summed E-state index contributed by atoms with van der Waals surface area (Å²) in [6.07, 6.45) is 8.55. The van der Waals surface area contributed by atoms with E-state index in [0.29, 0.717) is 12.5 Å². The highest BCUT2D eigenvalue weighted by Crippen LogP contribution is 2.32. The van der Waals surface area contributed by atoms with Crippen molar-refractivity contribution in [2.75, 3.05) is 6.61 Å². The predicted molar refractivity (Wildman–Crippen MR) is 72.2 cm³/mol. The van der Waals surface area contributed by atoms with E-state index in [9.17, 15) is 9.90 Å². The normalized spacial score (nSPS) is 19.6. The van der Waals surface area contributed by atoms with Gasteiger partial charge < -0.3 is 9.84 Å². The van der Waals surface area contributed by atoms with Crippen LogP contribution in [0.5, 0.6) is 0 Å². The molecule has 0 aliphatic heterocycles. The van der Waals surface area contributed by atoms with Gasteiger partial charge in [0.1, 0.15) is 0 Å². The zero-order chi connectivity index (χ0) is 13.4. The van der Waals surface area contributed by atoms with Gasteiger partial charge in [-0.2, -0.15) is 0 Å². The third-order valence-electron chi connectivity index (χ3n) is 3.59. The second-order valence-corrected chi connectivity index (χ2v) is 5.04. The fourth-order valence-corrected chi connectivity index (χ4v) is 2.68. The zero-order valence-corrected chi connectivity index (χ0v) is 11.7. The maximum atomic E-state index is 11.6. The first-order valence-corrected chi connectivity index (χ1v) is 7.25. The van der Waals surface area contributed by atoms with Gasteiger partial charge in [-0.05, 0) is 37.7 Å². The lowest BCUT2D eigenvalue weighted by molar-refractivity contribution is -0.137. The van der Waals surface area contributed by atoms with Crippen LogP contribution in [0.25, 0.3) is 0 Å². The zero-order valence-electron chi connectivity index (χ0n) is 11.7. The van der Waals surface area contributed by atoms with Crippen molar-refractivity contribution in [3.05, 3.63) is 11.6 Å². The topological polar surface area (TPSA) is 46.5 Å². The maximum Gasteiger partial charge on any atom is 0.330 e. The quantitative estimate of drug-likeness (QED) is 0.585. The molecule has 0 bridgehead atoms. The molecule has 3 nitrogen and oxygen atoms in total. The molecule has 1 atom stereocenters. The van der Waals surface area contributed by atoms with E-state index < -0.39 is 6.10 Å². The average molecular weight is 254 g/mol. The largest absolute Gasteiger partial charge is 0.463 e. The lowest BCUT2D eigenvalue weighted by Crippen LogP contribution is -2.21. The van der Waals surface area contributed by atoms with Crippen LogP contribution in [0, 0.1) is 5.92 Å². The molecule has 0 amide bonds. The summed E-state index contributed by atoms with van der Waals surface area (Å²) in [4.78, 5) is 11.6. The Labute approximate surface area is 110 Å². The molecule has 1 fully saturated rings. The summed E-state index contributed by atoms with van der Waals surface area (Å²) < 4.78 is 4.97. The average Bonchev–Trinajstić information content (AvgIpc) is 2.37. The number of ether oxygens (including phenoxy) is 1. The highest BCUT2D eigenvalue weighted by Gasteiger charge is 2.23. The molecule has 0 heterocycles. The van der Waals surface area contributed by atoms with Crippen LogP contribution in [0.4, 0.5) is 0 Å². The molecular formula is C15H26O3. The van der Waals surface area contributed by atoms with Gasteiger partial charge in [0, 0.05) is 6.08 Å². The standard InChI is InChI=1S/C15H26O3/c1-3-8-14(16)13(11-15(17)18-4-2)12-9-6-5-7-10-12/h11-12,14,16H,3-10H2,1-2H3/b13-11+. The van der Waals surface area contributed by atoms with Gasteiger partial charge in [-0.3, -0.25) is 0 Å². The van der Waals surface area contributed by atoms with Crippen LogP contribution in [-0.4, -0.2) is 23.8 Å². The smallest absolute Gasteiger partial charge is 0.330 e. The lowest BCUT2D eigenvalue weighted by atomic mass is 9.80. The van der Waals surface area contributed by atoms with Crippen LogP contribution in [0.1, 0.15) is 58.8 Å². The Kier molecular flexibility index (Phi) is 7.02. The molecule has 1 N–H and O–H groups in total. The van der Waals surface area contributed by atoms with E-state index >= 15 is 0 Å². The van der Waals surface area contributed by atoms with E-state index in [1.807, 2.05) is 6.92 Å². The molecule has 1 aliphatic carbocycles. The van der Waals surface area contributed by atoms with E-state index in [-0.39, 0.29) is 5.97 Å². The van der Waals surface area contributed by atoms with E-state index in [0.717, 1.165) is 31.3 Å². The molecule has 0 spiro atoms. The third kappa shape index (κ3) is 4.81. The number of hydrogen-bond donors (Lipinski definition) is 1. The summed E-state index contributed by atoms with van der Waals surface area (Å²) in [5.41, 5.74) is 0.898. The summed E-state index contributed by atoms with van der Waals surface area (Å²) in [6, 6.07) is 0. The number of carbonyl (C=O) groups is 1. The van der Waals surface area contributed by atoms with Gasteiger partial charge in [0.2, 0.25) is 0 Å².